The first-order chi connectivity index (χ1) is 14.4. The van der Waals surface area contributed by atoms with Crippen LogP contribution in [0, 0.1) is 5.92 Å². The van der Waals surface area contributed by atoms with Crippen molar-refractivity contribution in [3.8, 4) is 5.75 Å². The number of carbonyl (C=O) groups excluding carboxylic acids is 1. The molecule has 0 aliphatic carbocycles. The number of carbonyl (C=O) groups is 2. The van der Waals surface area contributed by atoms with Crippen LogP contribution in [-0.4, -0.2) is 59.3 Å². The minimum atomic E-state index is -0.959. The Morgan fingerprint density at radius 3 is 2.80 bits per heavy atom. The Bertz CT molecular complexity index is 951. The summed E-state index contributed by atoms with van der Waals surface area (Å²) < 4.78 is 5.29. The normalized spacial score (nSPS) is 23.7. The Labute approximate surface area is 174 Å². The van der Waals surface area contributed by atoms with E-state index in [1.54, 1.807) is 19.4 Å². The number of hydrogen-bond acceptors (Lipinski definition) is 6. The number of hydroxylamine groups is 1. The zero-order valence-corrected chi connectivity index (χ0v) is 16.8. The van der Waals surface area contributed by atoms with Gasteiger partial charge in [-0.15, -0.1) is 0 Å². The number of amides is 2. The highest BCUT2D eigenvalue weighted by Gasteiger charge is 2.57. The number of aromatic nitrogens is 1. The van der Waals surface area contributed by atoms with Gasteiger partial charge in [0.25, 0.3) is 0 Å². The number of hydrogen-bond donors (Lipinski definition) is 3. The molecule has 2 aliphatic rings. The average Bonchev–Trinajstić information content (AvgIpc) is 3.26. The second kappa shape index (κ2) is 7.92. The Morgan fingerprint density at radius 2 is 2.13 bits per heavy atom. The molecule has 3 N–H and O–H groups in total. The van der Waals surface area contributed by atoms with E-state index in [4.69, 9.17) is 9.57 Å². The molecule has 0 bridgehead atoms. The van der Waals surface area contributed by atoms with Crippen LogP contribution in [0.2, 0.25) is 0 Å². The summed E-state index contributed by atoms with van der Waals surface area (Å²) in [6.07, 6.45) is 0.682. The average molecular weight is 412 g/mol. The van der Waals surface area contributed by atoms with Gasteiger partial charge in [0, 0.05) is 43.7 Å². The smallest absolute Gasteiger partial charge is 0.407 e. The third kappa shape index (κ3) is 3.57. The number of rotatable bonds is 5. The molecule has 1 aromatic carbocycles. The molecule has 2 amide bonds. The van der Waals surface area contributed by atoms with E-state index in [-0.39, 0.29) is 24.3 Å². The van der Waals surface area contributed by atoms with Gasteiger partial charge < -0.3 is 24.9 Å². The molecule has 9 nitrogen and oxygen atoms in total. The van der Waals surface area contributed by atoms with Crippen molar-refractivity contribution in [3.05, 3.63) is 53.9 Å². The Kier molecular flexibility index (Phi) is 5.31. The van der Waals surface area contributed by atoms with E-state index in [9.17, 15) is 14.7 Å². The van der Waals surface area contributed by atoms with Crippen molar-refractivity contribution in [2.75, 3.05) is 32.1 Å². The maximum Gasteiger partial charge on any atom is 0.407 e. The molecule has 3 unspecified atom stereocenters. The third-order valence-electron chi connectivity index (χ3n) is 5.80. The maximum absolute atomic E-state index is 11.7. The molecule has 2 saturated heterocycles. The number of likely N-dealkylation sites (tertiary alicyclic amines) is 1. The van der Waals surface area contributed by atoms with Gasteiger partial charge >= 0.3 is 6.09 Å². The van der Waals surface area contributed by atoms with E-state index < -0.39 is 11.6 Å². The molecule has 0 spiro atoms. The SMILES string of the molecule is COc1ccc(C(c2cc(NC(C)=O)ccn2)C23CN(C(=O)O)CC2CON3)cc1. The van der Waals surface area contributed by atoms with Crippen LogP contribution in [-0.2, 0) is 9.63 Å². The lowest BCUT2D eigenvalue weighted by molar-refractivity contribution is -0.114. The number of methoxy groups -OCH3 is 1. The summed E-state index contributed by atoms with van der Waals surface area (Å²) >= 11 is 0. The fraction of sp³-hybridized carbons (Fsp3) is 0.381. The summed E-state index contributed by atoms with van der Waals surface area (Å²) in [5.41, 5.74) is 4.74. The number of ether oxygens (including phenoxy) is 1. The molecule has 158 valence electrons. The minimum Gasteiger partial charge on any atom is -0.497 e. The fourth-order valence-corrected chi connectivity index (χ4v) is 4.48. The van der Waals surface area contributed by atoms with Crippen molar-refractivity contribution < 1.29 is 24.3 Å². The molecule has 3 heterocycles. The predicted octanol–water partition coefficient (Wildman–Crippen LogP) is 2.06. The lowest BCUT2D eigenvalue weighted by Gasteiger charge is -2.36. The molecular weight excluding hydrogens is 388 g/mol. The van der Waals surface area contributed by atoms with Crippen molar-refractivity contribution in [1.82, 2.24) is 15.4 Å². The largest absolute Gasteiger partial charge is 0.497 e. The number of anilines is 1. The second-order valence-corrected chi connectivity index (χ2v) is 7.67. The minimum absolute atomic E-state index is 0.0491. The van der Waals surface area contributed by atoms with Gasteiger partial charge in [0.2, 0.25) is 5.91 Å². The highest BCUT2D eigenvalue weighted by molar-refractivity contribution is 5.88. The van der Waals surface area contributed by atoms with E-state index in [1.165, 1.54) is 11.8 Å². The van der Waals surface area contributed by atoms with Crippen LogP contribution in [0.5, 0.6) is 5.75 Å². The molecule has 3 atom stereocenters. The van der Waals surface area contributed by atoms with E-state index in [2.05, 4.69) is 15.8 Å². The van der Waals surface area contributed by atoms with Crippen LogP contribution in [0.1, 0.15) is 24.1 Å². The monoisotopic (exact) mass is 412 g/mol. The molecule has 30 heavy (non-hydrogen) atoms. The first-order valence-corrected chi connectivity index (χ1v) is 9.67. The quantitative estimate of drug-likeness (QED) is 0.689. The van der Waals surface area contributed by atoms with Crippen LogP contribution < -0.4 is 15.5 Å². The molecule has 2 fully saturated rings. The van der Waals surface area contributed by atoms with Gasteiger partial charge in [-0.25, -0.2) is 4.79 Å². The van der Waals surface area contributed by atoms with Crippen molar-refractivity contribution in [1.29, 1.82) is 0 Å². The summed E-state index contributed by atoms with van der Waals surface area (Å²) in [5.74, 6) is 0.186. The van der Waals surface area contributed by atoms with Gasteiger partial charge in [0.05, 0.1) is 24.9 Å². The van der Waals surface area contributed by atoms with Crippen molar-refractivity contribution >= 4 is 17.7 Å². The fourth-order valence-electron chi connectivity index (χ4n) is 4.48. The summed E-state index contributed by atoms with van der Waals surface area (Å²) in [6.45, 7) is 2.49. The number of fused-ring (bicyclic) bond motifs is 1. The summed E-state index contributed by atoms with van der Waals surface area (Å²) in [4.78, 5) is 34.9. The number of nitrogens with one attached hydrogen (secondary N) is 2. The molecule has 9 heteroatoms. The summed E-state index contributed by atoms with van der Waals surface area (Å²) in [5, 5.41) is 12.4. The summed E-state index contributed by atoms with van der Waals surface area (Å²) in [7, 11) is 1.60. The Balaban J connectivity index is 1.82. The van der Waals surface area contributed by atoms with Gasteiger partial charge in [-0.2, -0.15) is 5.48 Å². The van der Waals surface area contributed by atoms with Crippen LogP contribution in [0.15, 0.2) is 42.6 Å². The highest BCUT2D eigenvalue weighted by atomic mass is 16.7. The molecule has 4 rings (SSSR count). The van der Waals surface area contributed by atoms with Crippen molar-refractivity contribution in [3.63, 3.8) is 0 Å². The van der Waals surface area contributed by atoms with Gasteiger partial charge in [0.15, 0.2) is 0 Å². The molecule has 2 aromatic rings. The molecule has 1 aromatic heterocycles. The lowest BCUT2D eigenvalue weighted by Crippen LogP contribution is -2.52. The van der Waals surface area contributed by atoms with E-state index in [1.807, 2.05) is 30.3 Å². The predicted molar refractivity (Wildman–Crippen MR) is 108 cm³/mol. The standard InChI is InChI=1S/C21H24N4O5/c1-13(26)23-16-7-8-22-18(9-16)19(14-3-5-17(29-2)6-4-14)21-12-25(20(27)28)10-15(21)11-30-24-21/h3-9,15,19,24H,10-12H2,1-2H3,(H,27,28)(H,22,23,26). The maximum atomic E-state index is 11.7. The molecule has 2 aliphatic heterocycles. The van der Waals surface area contributed by atoms with E-state index in [0.717, 1.165) is 11.3 Å². The molecule has 0 radical (unpaired) electrons. The van der Waals surface area contributed by atoms with Gasteiger partial charge in [0.1, 0.15) is 5.75 Å². The molecule has 0 saturated carbocycles. The molecular formula is C21H24N4O5. The summed E-state index contributed by atoms with van der Waals surface area (Å²) in [6, 6.07) is 11.2. The Hall–Kier alpha value is -3.17. The zero-order valence-electron chi connectivity index (χ0n) is 16.8. The lowest BCUT2D eigenvalue weighted by atomic mass is 9.72. The van der Waals surface area contributed by atoms with Crippen LogP contribution in [0.3, 0.4) is 0 Å². The number of carboxylic acid groups (broad SMARTS) is 1. The van der Waals surface area contributed by atoms with Gasteiger partial charge in [-0.3, -0.25) is 9.78 Å². The van der Waals surface area contributed by atoms with E-state index >= 15 is 0 Å². The van der Waals surface area contributed by atoms with Crippen LogP contribution in [0.25, 0.3) is 0 Å². The zero-order chi connectivity index (χ0) is 21.3. The second-order valence-electron chi connectivity index (χ2n) is 7.67. The first-order valence-electron chi connectivity index (χ1n) is 9.67. The van der Waals surface area contributed by atoms with Crippen LogP contribution in [0.4, 0.5) is 10.5 Å². The topological polar surface area (TPSA) is 113 Å². The number of pyridine rings is 1. The van der Waals surface area contributed by atoms with Gasteiger partial charge in [-0.05, 0) is 29.8 Å². The van der Waals surface area contributed by atoms with Crippen molar-refractivity contribution in [2.45, 2.75) is 18.4 Å². The van der Waals surface area contributed by atoms with Gasteiger partial charge in [-0.1, -0.05) is 12.1 Å². The highest BCUT2D eigenvalue weighted by Crippen LogP contribution is 2.46. The first kappa shape index (κ1) is 20.1. The number of nitrogens with zero attached hydrogens (tertiary/aromatic N) is 2. The van der Waals surface area contributed by atoms with Crippen molar-refractivity contribution in [2.24, 2.45) is 5.92 Å². The third-order valence-corrected chi connectivity index (χ3v) is 5.80. The van der Waals surface area contributed by atoms with E-state index in [0.29, 0.717) is 24.5 Å². The van der Waals surface area contributed by atoms with Crippen LogP contribution >= 0.6 is 0 Å². The number of benzene rings is 1. The Morgan fingerprint density at radius 1 is 1.37 bits per heavy atom.